The molecule has 1 unspecified atom stereocenters. The van der Waals surface area contributed by atoms with Crippen LogP contribution in [0.2, 0.25) is 0 Å². The van der Waals surface area contributed by atoms with E-state index in [0.29, 0.717) is 25.9 Å². The Morgan fingerprint density at radius 1 is 1.45 bits per heavy atom. The lowest BCUT2D eigenvalue weighted by Crippen LogP contribution is -2.32. The van der Waals surface area contributed by atoms with Crippen molar-refractivity contribution in [3.05, 3.63) is 0 Å². The van der Waals surface area contributed by atoms with Gasteiger partial charge in [-0.2, -0.15) is 0 Å². The Balaban J connectivity index is 2.43. The van der Waals surface area contributed by atoms with Crippen LogP contribution in [0.5, 0.6) is 0 Å². The van der Waals surface area contributed by atoms with Gasteiger partial charge in [-0.3, -0.25) is 4.79 Å². The van der Waals surface area contributed by atoms with Gasteiger partial charge in [0, 0.05) is 19.3 Å². The number of rotatable bonds is 7. The van der Waals surface area contributed by atoms with Gasteiger partial charge in [-0.05, 0) is 39.5 Å². The first-order valence-electron chi connectivity index (χ1n) is 7.66. The Kier molecular flexibility index (Phi) is 7.25. The molecule has 1 saturated carbocycles. The summed E-state index contributed by atoms with van der Waals surface area (Å²) in [5.41, 5.74) is 0. The summed E-state index contributed by atoms with van der Waals surface area (Å²) in [4.78, 5) is 11.3. The molecule has 4 nitrogen and oxygen atoms in total. The Hall–Kier alpha value is -0.690. The normalized spacial score (nSPS) is 21.0. The van der Waals surface area contributed by atoms with Gasteiger partial charge in [-0.25, -0.2) is 8.78 Å². The molecule has 7 heteroatoms. The molecule has 0 bridgehead atoms. The lowest BCUT2D eigenvalue weighted by Gasteiger charge is -2.26. The zero-order chi connectivity index (χ0) is 16.8. The van der Waals surface area contributed by atoms with Crippen LogP contribution in [-0.2, 0) is 20.9 Å². The molecule has 128 valence electrons. The van der Waals surface area contributed by atoms with E-state index in [0.717, 1.165) is 0 Å². The van der Waals surface area contributed by atoms with E-state index in [1.54, 1.807) is 27.0 Å². The highest BCUT2D eigenvalue weighted by atomic mass is 32.2. The van der Waals surface area contributed by atoms with E-state index in [-0.39, 0.29) is 31.1 Å². The second kappa shape index (κ2) is 8.24. The van der Waals surface area contributed by atoms with Crippen LogP contribution >= 0.6 is 0 Å². The molecule has 0 saturated heterocycles. The van der Waals surface area contributed by atoms with Crippen molar-refractivity contribution >= 4 is 23.5 Å². The van der Waals surface area contributed by atoms with Crippen LogP contribution in [0.25, 0.3) is 0 Å². The molecule has 1 rings (SSSR count). The van der Waals surface area contributed by atoms with Gasteiger partial charge >= 0.3 is 5.97 Å². The number of carbonyl (C=O) groups is 1. The van der Waals surface area contributed by atoms with Gasteiger partial charge in [-0.1, -0.05) is 4.40 Å². The van der Waals surface area contributed by atoms with E-state index >= 15 is 0 Å². The van der Waals surface area contributed by atoms with Gasteiger partial charge in [0.1, 0.15) is 16.1 Å². The molecule has 0 spiro atoms. The molecular formula is C15H25F2NO3S. The highest BCUT2D eigenvalue weighted by Crippen LogP contribution is 2.35. The first-order chi connectivity index (χ1) is 10.2. The molecule has 0 N–H and O–H groups in total. The minimum absolute atomic E-state index is 0.0376. The second-order valence-corrected chi connectivity index (χ2v) is 8.08. The van der Waals surface area contributed by atoms with Gasteiger partial charge in [-0.15, -0.1) is 0 Å². The quantitative estimate of drug-likeness (QED) is 0.404. The smallest absolute Gasteiger partial charge is 0.305 e. The summed E-state index contributed by atoms with van der Waals surface area (Å²) in [6.45, 7) is 5.61. The molecule has 1 aliphatic rings. The Bertz CT molecular complexity index is 392. The lowest BCUT2D eigenvalue weighted by atomic mass is 9.88. The minimum atomic E-state index is -2.57. The average molecular weight is 337 g/mol. The number of hydrogen-bond acceptors (Lipinski definition) is 4. The number of carbonyl (C=O) groups excluding carboxylic acids is 1. The summed E-state index contributed by atoms with van der Waals surface area (Å²) in [7, 11) is 0. The fourth-order valence-electron chi connectivity index (χ4n) is 2.22. The van der Waals surface area contributed by atoms with Crippen molar-refractivity contribution in [2.45, 2.75) is 70.0 Å². The van der Waals surface area contributed by atoms with Crippen LogP contribution in [-0.4, -0.2) is 34.0 Å². The third-order valence-corrected chi connectivity index (χ3v) is 5.30. The number of alkyl halides is 2. The maximum Gasteiger partial charge on any atom is 0.305 e. The lowest BCUT2D eigenvalue weighted by molar-refractivity contribution is -0.143. The SMILES string of the molecule is CCOC(=O)CCC(C)(C)[S+]([O-])N=CC1CCC(F)(F)CC1. The molecule has 1 atom stereocenters. The highest BCUT2D eigenvalue weighted by molar-refractivity contribution is 7.91. The molecule has 0 aromatic carbocycles. The summed E-state index contributed by atoms with van der Waals surface area (Å²) < 4.78 is 46.6. The topological polar surface area (TPSA) is 61.7 Å². The van der Waals surface area contributed by atoms with Crippen molar-refractivity contribution in [3.63, 3.8) is 0 Å². The third-order valence-electron chi connectivity index (χ3n) is 3.84. The molecule has 22 heavy (non-hydrogen) atoms. The molecule has 1 fully saturated rings. The second-order valence-electron chi connectivity index (χ2n) is 6.26. The summed E-state index contributed by atoms with van der Waals surface area (Å²) in [5.74, 6) is -2.92. The van der Waals surface area contributed by atoms with E-state index < -0.39 is 22.0 Å². The van der Waals surface area contributed by atoms with E-state index in [4.69, 9.17) is 4.74 Å². The Labute approximate surface area is 134 Å². The first kappa shape index (κ1) is 19.4. The molecular weight excluding hydrogens is 312 g/mol. The van der Waals surface area contributed by atoms with Crippen molar-refractivity contribution in [1.29, 1.82) is 0 Å². The Morgan fingerprint density at radius 2 is 2.05 bits per heavy atom. The number of esters is 1. The van der Waals surface area contributed by atoms with E-state index in [1.807, 2.05) is 0 Å². The predicted molar refractivity (Wildman–Crippen MR) is 83.5 cm³/mol. The number of hydrogen-bond donors (Lipinski definition) is 0. The third kappa shape index (κ3) is 6.60. The van der Waals surface area contributed by atoms with Crippen LogP contribution in [0.1, 0.15) is 59.3 Å². The molecule has 0 heterocycles. The highest BCUT2D eigenvalue weighted by Gasteiger charge is 2.36. The van der Waals surface area contributed by atoms with Gasteiger partial charge in [0.25, 0.3) is 0 Å². The van der Waals surface area contributed by atoms with Crippen molar-refractivity contribution in [2.75, 3.05) is 6.61 Å². The standard InChI is InChI=1S/C15H25F2NO3S/c1-4-21-13(19)7-8-14(2,3)22(20)18-11-12-5-9-15(16,17)10-6-12/h11-12H,4-10H2,1-3H3. The zero-order valence-electron chi connectivity index (χ0n) is 13.4. The summed E-state index contributed by atoms with van der Waals surface area (Å²) >= 11 is -1.50. The van der Waals surface area contributed by atoms with Crippen molar-refractivity contribution in [3.8, 4) is 0 Å². The zero-order valence-corrected chi connectivity index (χ0v) is 14.3. The van der Waals surface area contributed by atoms with Gasteiger partial charge in [0.15, 0.2) is 0 Å². The Morgan fingerprint density at radius 3 is 2.59 bits per heavy atom. The molecule has 0 radical (unpaired) electrons. The van der Waals surface area contributed by atoms with Crippen LogP contribution in [0.4, 0.5) is 8.78 Å². The summed E-state index contributed by atoms with van der Waals surface area (Å²) in [6.07, 6.45) is 2.62. The maximum atomic E-state index is 13.1. The summed E-state index contributed by atoms with van der Waals surface area (Å²) in [6, 6.07) is 0. The number of nitrogens with zero attached hydrogens (tertiary/aromatic N) is 1. The van der Waals surface area contributed by atoms with Crippen molar-refractivity contribution < 1.29 is 22.9 Å². The monoisotopic (exact) mass is 337 g/mol. The van der Waals surface area contributed by atoms with Crippen LogP contribution in [0.3, 0.4) is 0 Å². The van der Waals surface area contributed by atoms with Crippen LogP contribution in [0, 0.1) is 5.92 Å². The summed E-state index contributed by atoms with van der Waals surface area (Å²) in [5, 5.41) is 0. The van der Waals surface area contributed by atoms with Crippen LogP contribution < -0.4 is 0 Å². The number of ether oxygens (including phenoxy) is 1. The molecule has 0 aromatic rings. The maximum absolute atomic E-state index is 13.1. The largest absolute Gasteiger partial charge is 0.591 e. The number of halogens is 2. The molecule has 0 aliphatic heterocycles. The average Bonchev–Trinajstić information content (AvgIpc) is 2.44. The van der Waals surface area contributed by atoms with E-state index in [2.05, 4.69) is 4.40 Å². The minimum Gasteiger partial charge on any atom is -0.591 e. The molecule has 1 aliphatic carbocycles. The van der Waals surface area contributed by atoms with E-state index in [1.165, 1.54) is 0 Å². The van der Waals surface area contributed by atoms with Crippen molar-refractivity contribution in [2.24, 2.45) is 10.3 Å². The van der Waals surface area contributed by atoms with Gasteiger partial charge in [0.05, 0.1) is 19.2 Å². The first-order valence-corrected chi connectivity index (χ1v) is 8.76. The fourth-order valence-corrected chi connectivity index (χ4v) is 3.06. The molecule has 0 aromatic heterocycles. The van der Waals surface area contributed by atoms with Gasteiger partial charge in [0.2, 0.25) is 5.92 Å². The predicted octanol–water partition coefficient (Wildman–Crippen LogP) is 3.67. The molecule has 0 amide bonds. The fraction of sp³-hybridized carbons (Fsp3) is 0.867. The van der Waals surface area contributed by atoms with Gasteiger partial charge < -0.3 is 9.29 Å². The van der Waals surface area contributed by atoms with Crippen molar-refractivity contribution in [1.82, 2.24) is 0 Å². The van der Waals surface area contributed by atoms with E-state index in [9.17, 15) is 18.1 Å². The van der Waals surface area contributed by atoms with Crippen LogP contribution in [0.15, 0.2) is 4.40 Å².